The molecule has 0 aromatic heterocycles. The number of carbonyl (C=O) groups excluding carboxylic acids is 1. The number of hydrogen-bond acceptors (Lipinski definition) is 4. The molecule has 0 bridgehead atoms. The Labute approximate surface area is 131 Å². The molecule has 4 nitrogen and oxygen atoms in total. The van der Waals surface area contributed by atoms with E-state index in [-0.39, 0.29) is 10.7 Å². The summed E-state index contributed by atoms with van der Waals surface area (Å²) in [5, 5.41) is 6.15. The monoisotopic (exact) mass is 307 g/mol. The van der Waals surface area contributed by atoms with Crippen molar-refractivity contribution >= 4 is 29.0 Å². The van der Waals surface area contributed by atoms with E-state index in [1.165, 1.54) is 32.1 Å². The van der Waals surface area contributed by atoms with Crippen molar-refractivity contribution in [1.82, 2.24) is 5.32 Å². The van der Waals surface area contributed by atoms with Gasteiger partial charge in [0, 0.05) is 29.7 Å². The molecule has 116 valence electrons. The number of nitrogen functional groups attached to an aromatic ring is 1. The van der Waals surface area contributed by atoms with Crippen LogP contribution in [-0.2, 0) is 0 Å². The smallest absolute Gasteiger partial charge is 0.253 e. The molecule has 0 radical (unpaired) electrons. The standard InChI is InChI=1S/C16H25N3OS/c1-18-15(20)13-7-6-12(17)10-14(13)19-11-16(21-2)8-4-3-5-9-16/h6-7,10,19H,3-5,8-9,11,17H2,1-2H3,(H,18,20). The molecule has 1 aliphatic rings. The van der Waals surface area contributed by atoms with E-state index in [0.717, 1.165) is 12.2 Å². The van der Waals surface area contributed by atoms with Crippen LogP contribution in [0.1, 0.15) is 42.5 Å². The van der Waals surface area contributed by atoms with Gasteiger partial charge in [-0.3, -0.25) is 4.79 Å². The summed E-state index contributed by atoms with van der Waals surface area (Å²) in [6.07, 6.45) is 8.58. The van der Waals surface area contributed by atoms with Gasteiger partial charge in [0.1, 0.15) is 0 Å². The Hall–Kier alpha value is -1.36. The predicted octanol–water partition coefficient (Wildman–Crippen LogP) is 3.11. The normalized spacial score (nSPS) is 17.2. The number of thioether (sulfide) groups is 1. The Morgan fingerprint density at radius 3 is 2.67 bits per heavy atom. The Kier molecular flexibility index (Phi) is 5.39. The largest absolute Gasteiger partial charge is 0.399 e. The van der Waals surface area contributed by atoms with Crippen molar-refractivity contribution in [3.8, 4) is 0 Å². The molecule has 0 saturated heterocycles. The van der Waals surface area contributed by atoms with Gasteiger partial charge in [0.15, 0.2) is 0 Å². The van der Waals surface area contributed by atoms with Crippen molar-refractivity contribution in [3.05, 3.63) is 23.8 Å². The van der Waals surface area contributed by atoms with E-state index in [9.17, 15) is 4.79 Å². The number of nitrogens with two attached hydrogens (primary N) is 1. The van der Waals surface area contributed by atoms with Crippen LogP contribution < -0.4 is 16.4 Å². The van der Waals surface area contributed by atoms with Crippen LogP contribution in [0.5, 0.6) is 0 Å². The maximum Gasteiger partial charge on any atom is 0.253 e. The molecule has 1 fully saturated rings. The molecule has 1 aromatic carbocycles. The lowest BCUT2D eigenvalue weighted by Gasteiger charge is -2.36. The number of nitrogens with one attached hydrogen (secondary N) is 2. The second-order valence-electron chi connectivity index (χ2n) is 5.69. The minimum absolute atomic E-state index is 0.0839. The number of benzene rings is 1. The number of rotatable bonds is 5. The maximum absolute atomic E-state index is 11.9. The minimum atomic E-state index is -0.0839. The molecular weight excluding hydrogens is 282 g/mol. The average Bonchev–Trinajstić information content (AvgIpc) is 2.53. The summed E-state index contributed by atoms with van der Waals surface area (Å²) in [4.78, 5) is 11.9. The topological polar surface area (TPSA) is 67.2 Å². The quantitative estimate of drug-likeness (QED) is 0.731. The highest BCUT2D eigenvalue weighted by molar-refractivity contribution is 8.00. The molecule has 1 aromatic rings. The molecular formula is C16H25N3OS. The first-order valence-electron chi connectivity index (χ1n) is 7.51. The van der Waals surface area contributed by atoms with Gasteiger partial charge in [0.05, 0.1) is 5.56 Å². The van der Waals surface area contributed by atoms with E-state index in [1.807, 2.05) is 17.8 Å². The van der Waals surface area contributed by atoms with Crippen LogP contribution in [0.3, 0.4) is 0 Å². The van der Waals surface area contributed by atoms with Gasteiger partial charge < -0.3 is 16.4 Å². The zero-order valence-electron chi connectivity index (χ0n) is 12.9. The fraction of sp³-hybridized carbons (Fsp3) is 0.562. The second kappa shape index (κ2) is 7.07. The molecule has 1 aliphatic carbocycles. The predicted molar refractivity (Wildman–Crippen MR) is 92.1 cm³/mol. The molecule has 21 heavy (non-hydrogen) atoms. The SMILES string of the molecule is CNC(=O)c1ccc(N)cc1NCC1(SC)CCCCC1. The third-order valence-electron chi connectivity index (χ3n) is 4.31. The van der Waals surface area contributed by atoms with Gasteiger partial charge in [-0.15, -0.1) is 0 Å². The van der Waals surface area contributed by atoms with E-state index in [1.54, 1.807) is 19.2 Å². The van der Waals surface area contributed by atoms with Crippen LogP contribution in [0.25, 0.3) is 0 Å². The fourth-order valence-electron chi connectivity index (χ4n) is 2.95. The fourth-order valence-corrected chi connectivity index (χ4v) is 3.86. The van der Waals surface area contributed by atoms with Crippen molar-refractivity contribution < 1.29 is 4.79 Å². The molecule has 1 saturated carbocycles. The Balaban J connectivity index is 2.14. The summed E-state index contributed by atoms with van der Waals surface area (Å²) in [6.45, 7) is 0.877. The van der Waals surface area contributed by atoms with Gasteiger partial charge in [-0.2, -0.15) is 11.8 Å². The van der Waals surface area contributed by atoms with Crippen LogP contribution in [-0.4, -0.2) is 30.5 Å². The van der Waals surface area contributed by atoms with Gasteiger partial charge in [-0.05, 0) is 37.3 Å². The van der Waals surface area contributed by atoms with Crippen molar-refractivity contribution in [2.45, 2.75) is 36.9 Å². The van der Waals surface area contributed by atoms with Crippen LogP contribution in [0.15, 0.2) is 18.2 Å². The van der Waals surface area contributed by atoms with Gasteiger partial charge in [0.2, 0.25) is 0 Å². The highest BCUT2D eigenvalue weighted by Gasteiger charge is 2.31. The first-order valence-corrected chi connectivity index (χ1v) is 8.73. The van der Waals surface area contributed by atoms with Gasteiger partial charge >= 0.3 is 0 Å². The van der Waals surface area contributed by atoms with Gasteiger partial charge in [0.25, 0.3) is 5.91 Å². The zero-order valence-corrected chi connectivity index (χ0v) is 13.7. The lowest BCUT2D eigenvalue weighted by Crippen LogP contribution is -2.36. The van der Waals surface area contributed by atoms with Crippen molar-refractivity contribution in [1.29, 1.82) is 0 Å². The number of hydrogen-bond donors (Lipinski definition) is 3. The van der Waals surface area contributed by atoms with Crippen LogP contribution >= 0.6 is 11.8 Å². The maximum atomic E-state index is 11.9. The minimum Gasteiger partial charge on any atom is -0.399 e. The van der Waals surface area contributed by atoms with Crippen LogP contribution in [0.4, 0.5) is 11.4 Å². The lowest BCUT2D eigenvalue weighted by atomic mass is 9.88. The highest BCUT2D eigenvalue weighted by Crippen LogP contribution is 2.38. The Morgan fingerprint density at radius 2 is 2.05 bits per heavy atom. The van der Waals surface area contributed by atoms with Gasteiger partial charge in [-0.25, -0.2) is 0 Å². The summed E-state index contributed by atoms with van der Waals surface area (Å²) in [5.74, 6) is -0.0839. The molecule has 0 unspecified atom stereocenters. The molecule has 0 heterocycles. The Morgan fingerprint density at radius 1 is 1.33 bits per heavy atom. The average molecular weight is 307 g/mol. The van der Waals surface area contributed by atoms with Crippen LogP contribution in [0.2, 0.25) is 0 Å². The molecule has 5 heteroatoms. The van der Waals surface area contributed by atoms with Crippen LogP contribution in [0, 0.1) is 0 Å². The van der Waals surface area contributed by atoms with Gasteiger partial charge in [-0.1, -0.05) is 19.3 Å². The van der Waals surface area contributed by atoms with E-state index < -0.39 is 0 Å². The molecule has 1 amide bonds. The molecule has 2 rings (SSSR count). The third kappa shape index (κ3) is 3.84. The van der Waals surface area contributed by atoms with E-state index >= 15 is 0 Å². The number of carbonyl (C=O) groups is 1. The third-order valence-corrected chi connectivity index (χ3v) is 5.73. The summed E-state index contributed by atoms with van der Waals surface area (Å²) < 4.78 is 0.281. The molecule has 4 N–H and O–H groups in total. The van der Waals surface area contributed by atoms with E-state index in [4.69, 9.17) is 5.73 Å². The Bertz CT molecular complexity index is 498. The summed E-state index contributed by atoms with van der Waals surface area (Å²) in [7, 11) is 1.65. The number of anilines is 2. The second-order valence-corrected chi connectivity index (χ2v) is 6.96. The highest BCUT2D eigenvalue weighted by atomic mass is 32.2. The van der Waals surface area contributed by atoms with Crippen molar-refractivity contribution in [2.24, 2.45) is 0 Å². The van der Waals surface area contributed by atoms with E-state index in [0.29, 0.717) is 11.3 Å². The summed E-state index contributed by atoms with van der Waals surface area (Å²) >= 11 is 1.94. The van der Waals surface area contributed by atoms with Crippen molar-refractivity contribution in [3.63, 3.8) is 0 Å². The van der Waals surface area contributed by atoms with Crippen molar-refractivity contribution in [2.75, 3.05) is 30.9 Å². The molecule has 0 atom stereocenters. The first-order chi connectivity index (χ1) is 10.1. The van der Waals surface area contributed by atoms with E-state index in [2.05, 4.69) is 16.9 Å². The lowest BCUT2D eigenvalue weighted by molar-refractivity contribution is 0.0964. The number of amides is 1. The molecule has 0 spiro atoms. The summed E-state index contributed by atoms with van der Waals surface area (Å²) in [6, 6.07) is 5.39. The molecule has 0 aliphatic heterocycles. The zero-order chi connectivity index (χ0) is 15.3. The summed E-state index contributed by atoms with van der Waals surface area (Å²) in [5.41, 5.74) is 8.02. The first kappa shape index (κ1) is 16.0.